The SMILES string of the molecule is C[C@H](C(=O)N1CCC(c2ccnn2CCO)CC1)c1cccc(F)c1. The molecule has 0 spiro atoms. The third kappa shape index (κ3) is 3.90. The van der Waals surface area contributed by atoms with Crippen LogP contribution in [0.1, 0.15) is 42.9 Å². The highest BCUT2D eigenvalue weighted by Crippen LogP contribution is 2.29. The second-order valence-electron chi connectivity index (χ2n) is 6.58. The molecule has 1 aromatic carbocycles. The first kappa shape index (κ1) is 17.6. The van der Waals surface area contributed by atoms with Crippen LogP contribution in [0.2, 0.25) is 0 Å². The van der Waals surface area contributed by atoms with Crippen LogP contribution in [0.25, 0.3) is 0 Å². The van der Waals surface area contributed by atoms with Gasteiger partial charge in [0.2, 0.25) is 5.91 Å². The van der Waals surface area contributed by atoms with Gasteiger partial charge in [0, 0.05) is 30.9 Å². The van der Waals surface area contributed by atoms with E-state index < -0.39 is 0 Å². The Balaban J connectivity index is 1.61. The zero-order chi connectivity index (χ0) is 17.8. The summed E-state index contributed by atoms with van der Waals surface area (Å²) in [5, 5.41) is 13.4. The minimum Gasteiger partial charge on any atom is -0.394 e. The molecule has 0 radical (unpaired) electrons. The first-order valence-electron chi connectivity index (χ1n) is 8.77. The maximum atomic E-state index is 13.4. The van der Waals surface area contributed by atoms with Crippen LogP contribution in [-0.2, 0) is 11.3 Å². The van der Waals surface area contributed by atoms with Crippen LogP contribution in [0.4, 0.5) is 4.39 Å². The largest absolute Gasteiger partial charge is 0.394 e. The molecule has 25 heavy (non-hydrogen) atoms. The van der Waals surface area contributed by atoms with E-state index in [2.05, 4.69) is 5.10 Å². The fourth-order valence-corrected chi connectivity index (χ4v) is 3.56. The van der Waals surface area contributed by atoms with Gasteiger partial charge in [-0.15, -0.1) is 0 Å². The number of hydrogen-bond acceptors (Lipinski definition) is 3. The van der Waals surface area contributed by atoms with E-state index in [1.807, 2.05) is 22.6 Å². The van der Waals surface area contributed by atoms with Gasteiger partial charge in [-0.25, -0.2) is 4.39 Å². The number of rotatable bonds is 5. The Morgan fingerprint density at radius 3 is 2.80 bits per heavy atom. The van der Waals surface area contributed by atoms with Gasteiger partial charge in [0.15, 0.2) is 0 Å². The van der Waals surface area contributed by atoms with Crippen molar-refractivity contribution in [3.8, 4) is 0 Å². The quantitative estimate of drug-likeness (QED) is 0.906. The molecule has 1 amide bonds. The highest BCUT2D eigenvalue weighted by atomic mass is 19.1. The third-order valence-electron chi connectivity index (χ3n) is 5.01. The molecule has 1 aliphatic rings. The fourth-order valence-electron chi connectivity index (χ4n) is 3.56. The van der Waals surface area contributed by atoms with Crippen LogP contribution in [0.15, 0.2) is 36.5 Å². The van der Waals surface area contributed by atoms with Crippen LogP contribution in [0.3, 0.4) is 0 Å². The van der Waals surface area contributed by atoms with Gasteiger partial charge in [0.1, 0.15) is 5.82 Å². The molecule has 134 valence electrons. The number of halogens is 1. The van der Waals surface area contributed by atoms with Crippen molar-refractivity contribution in [2.45, 2.75) is 38.1 Å². The molecule has 1 fully saturated rings. The number of carbonyl (C=O) groups is 1. The lowest BCUT2D eigenvalue weighted by Crippen LogP contribution is -2.40. The minimum atomic E-state index is -0.341. The predicted molar refractivity (Wildman–Crippen MR) is 92.7 cm³/mol. The lowest BCUT2D eigenvalue weighted by atomic mass is 9.91. The van der Waals surface area contributed by atoms with Crippen molar-refractivity contribution in [3.63, 3.8) is 0 Å². The van der Waals surface area contributed by atoms with Crippen LogP contribution >= 0.6 is 0 Å². The molecule has 1 aromatic heterocycles. The Kier molecular flexibility index (Phi) is 5.48. The van der Waals surface area contributed by atoms with Crippen molar-refractivity contribution in [2.24, 2.45) is 0 Å². The first-order valence-corrected chi connectivity index (χ1v) is 8.77. The molecule has 1 atom stereocenters. The van der Waals surface area contributed by atoms with Gasteiger partial charge in [-0.05, 0) is 43.5 Å². The zero-order valence-corrected chi connectivity index (χ0v) is 14.4. The Hall–Kier alpha value is -2.21. The molecule has 0 unspecified atom stereocenters. The number of piperidine rings is 1. The van der Waals surface area contributed by atoms with Gasteiger partial charge < -0.3 is 10.0 Å². The molecular formula is C19H24FN3O2. The Bertz CT molecular complexity index is 723. The van der Waals surface area contributed by atoms with Crippen molar-refractivity contribution >= 4 is 5.91 Å². The number of aliphatic hydroxyl groups is 1. The topological polar surface area (TPSA) is 58.4 Å². The number of likely N-dealkylation sites (tertiary alicyclic amines) is 1. The Morgan fingerprint density at radius 1 is 1.36 bits per heavy atom. The highest BCUT2D eigenvalue weighted by molar-refractivity contribution is 5.83. The summed E-state index contributed by atoms with van der Waals surface area (Å²) >= 11 is 0. The molecule has 1 N–H and O–H groups in total. The molecule has 1 aliphatic heterocycles. The normalized spacial score (nSPS) is 16.8. The molecule has 2 aromatic rings. The minimum absolute atomic E-state index is 0.0490. The monoisotopic (exact) mass is 345 g/mol. The molecule has 2 heterocycles. The van der Waals surface area contributed by atoms with Gasteiger partial charge in [0.25, 0.3) is 0 Å². The number of amides is 1. The Labute approximate surface area is 147 Å². The average Bonchev–Trinajstić information content (AvgIpc) is 3.09. The van der Waals surface area contributed by atoms with Crippen molar-refractivity contribution < 1.29 is 14.3 Å². The van der Waals surface area contributed by atoms with E-state index >= 15 is 0 Å². The van der Waals surface area contributed by atoms with E-state index in [4.69, 9.17) is 5.11 Å². The van der Waals surface area contributed by atoms with E-state index in [0.29, 0.717) is 31.1 Å². The van der Waals surface area contributed by atoms with Crippen LogP contribution in [-0.4, -0.2) is 45.4 Å². The predicted octanol–water partition coefficient (Wildman–Crippen LogP) is 2.52. The van der Waals surface area contributed by atoms with Crippen molar-refractivity contribution in [1.82, 2.24) is 14.7 Å². The number of carbonyl (C=O) groups excluding carboxylic acids is 1. The van der Waals surface area contributed by atoms with Crippen molar-refractivity contribution in [1.29, 1.82) is 0 Å². The second-order valence-corrected chi connectivity index (χ2v) is 6.58. The first-order chi connectivity index (χ1) is 12.1. The van der Waals surface area contributed by atoms with E-state index in [1.165, 1.54) is 12.1 Å². The highest BCUT2D eigenvalue weighted by Gasteiger charge is 2.28. The molecule has 6 heteroatoms. The molecule has 1 saturated heterocycles. The van der Waals surface area contributed by atoms with Gasteiger partial charge in [-0.1, -0.05) is 12.1 Å². The van der Waals surface area contributed by atoms with Gasteiger partial charge in [-0.2, -0.15) is 5.10 Å². The maximum Gasteiger partial charge on any atom is 0.229 e. The molecular weight excluding hydrogens is 321 g/mol. The smallest absolute Gasteiger partial charge is 0.229 e. The number of nitrogens with zero attached hydrogens (tertiary/aromatic N) is 3. The number of hydrogen-bond donors (Lipinski definition) is 1. The average molecular weight is 345 g/mol. The molecule has 5 nitrogen and oxygen atoms in total. The maximum absolute atomic E-state index is 13.4. The summed E-state index contributed by atoms with van der Waals surface area (Å²) in [7, 11) is 0. The van der Waals surface area contributed by atoms with Gasteiger partial charge in [-0.3, -0.25) is 9.48 Å². The van der Waals surface area contributed by atoms with Gasteiger partial charge >= 0.3 is 0 Å². The van der Waals surface area contributed by atoms with Crippen LogP contribution in [0, 0.1) is 5.82 Å². The van der Waals surface area contributed by atoms with Crippen molar-refractivity contribution in [2.75, 3.05) is 19.7 Å². The number of benzene rings is 1. The number of aromatic nitrogens is 2. The van der Waals surface area contributed by atoms with Crippen LogP contribution in [0.5, 0.6) is 0 Å². The lowest BCUT2D eigenvalue weighted by molar-refractivity contribution is -0.133. The zero-order valence-electron chi connectivity index (χ0n) is 14.4. The summed E-state index contributed by atoms with van der Waals surface area (Å²) in [5.41, 5.74) is 1.84. The standard InChI is InChI=1S/C19H24FN3O2/c1-14(16-3-2-4-17(20)13-16)19(25)22-9-6-15(7-10-22)18-5-8-21-23(18)11-12-24/h2-5,8,13-15,24H,6-7,9-12H2,1H3/t14-/m0/s1. The molecule has 0 bridgehead atoms. The lowest BCUT2D eigenvalue weighted by Gasteiger charge is -2.34. The molecule has 0 aliphatic carbocycles. The second kappa shape index (κ2) is 7.78. The fraction of sp³-hybridized carbons (Fsp3) is 0.474. The summed E-state index contributed by atoms with van der Waals surface area (Å²) in [4.78, 5) is 14.6. The Morgan fingerprint density at radius 2 is 2.12 bits per heavy atom. The summed E-state index contributed by atoms with van der Waals surface area (Å²) in [5.74, 6) is -0.254. The summed E-state index contributed by atoms with van der Waals surface area (Å²) < 4.78 is 15.2. The van der Waals surface area contributed by atoms with E-state index in [1.54, 1.807) is 18.3 Å². The summed E-state index contributed by atoms with van der Waals surface area (Å²) in [6, 6.07) is 8.26. The van der Waals surface area contributed by atoms with Crippen LogP contribution < -0.4 is 0 Å². The van der Waals surface area contributed by atoms with E-state index in [-0.39, 0.29) is 24.2 Å². The third-order valence-corrected chi connectivity index (χ3v) is 5.01. The summed E-state index contributed by atoms with van der Waals surface area (Å²) in [6.45, 7) is 3.77. The molecule has 3 rings (SSSR count). The summed E-state index contributed by atoms with van der Waals surface area (Å²) in [6.07, 6.45) is 3.51. The van der Waals surface area contributed by atoms with E-state index in [0.717, 1.165) is 18.5 Å². The van der Waals surface area contributed by atoms with E-state index in [9.17, 15) is 9.18 Å². The molecule has 0 saturated carbocycles. The van der Waals surface area contributed by atoms with Gasteiger partial charge in [0.05, 0.1) is 19.1 Å². The number of aliphatic hydroxyl groups excluding tert-OH is 1. The van der Waals surface area contributed by atoms with Crippen molar-refractivity contribution in [3.05, 3.63) is 53.6 Å².